The Kier molecular flexibility index (Phi) is 3.18. The Bertz CT molecular complexity index is 340. The van der Waals surface area contributed by atoms with Gasteiger partial charge in [-0.05, 0) is 7.05 Å². The molecule has 0 heterocycles. The van der Waals surface area contributed by atoms with Gasteiger partial charge in [-0.2, -0.15) is 0 Å². The zero-order chi connectivity index (χ0) is 10.8. The van der Waals surface area contributed by atoms with E-state index in [9.17, 15) is 4.57 Å². The van der Waals surface area contributed by atoms with Gasteiger partial charge in [0.2, 0.25) is 0 Å². The standard InChI is InChI=1S/C11H18NOP/c1-11(2,3)14(13,12-4)10-8-6-5-7-9-10/h5-9H,1-4H3,(H,12,13)/t14-/m1/s1. The van der Waals surface area contributed by atoms with E-state index in [-0.39, 0.29) is 5.16 Å². The molecule has 78 valence electrons. The maximum Gasteiger partial charge on any atom is 0.180 e. The van der Waals surface area contributed by atoms with Gasteiger partial charge in [-0.15, -0.1) is 0 Å². The van der Waals surface area contributed by atoms with Crippen LogP contribution in [0.5, 0.6) is 0 Å². The molecule has 2 nitrogen and oxygen atoms in total. The van der Waals surface area contributed by atoms with Gasteiger partial charge in [-0.25, -0.2) is 0 Å². The van der Waals surface area contributed by atoms with Crippen LogP contribution in [0.1, 0.15) is 20.8 Å². The highest BCUT2D eigenvalue weighted by Crippen LogP contribution is 2.52. The molecule has 0 saturated heterocycles. The number of hydrogen-bond donors (Lipinski definition) is 1. The van der Waals surface area contributed by atoms with E-state index < -0.39 is 7.29 Å². The average molecular weight is 211 g/mol. The lowest BCUT2D eigenvalue weighted by Gasteiger charge is -2.30. The molecule has 0 aromatic heterocycles. The van der Waals surface area contributed by atoms with Crippen molar-refractivity contribution in [2.24, 2.45) is 0 Å². The number of rotatable bonds is 2. The van der Waals surface area contributed by atoms with Crippen molar-refractivity contribution in [2.75, 3.05) is 7.05 Å². The second kappa shape index (κ2) is 3.88. The minimum absolute atomic E-state index is 0.247. The van der Waals surface area contributed by atoms with Crippen LogP contribution in [0.2, 0.25) is 0 Å². The maximum atomic E-state index is 12.7. The Balaban J connectivity index is 3.23. The molecule has 1 rings (SSSR count). The van der Waals surface area contributed by atoms with Crippen LogP contribution in [-0.4, -0.2) is 12.2 Å². The molecule has 0 amide bonds. The third kappa shape index (κ3) is 1.92. The van der Waals surface area contributed by atoms with E-state index in [0.29, 0.717) is 0 Å². The lowest BCUT2D eigenvalue weighted by Crippen LogP contribution is -2.30. The Morgan fingerprint density at radius 2 is 1.64 bits per heavy atom. The molecule has 0 bridgehead atoms. The van der Waals surface area contributed by atoms with E-state index in [0.717, 1.165) is 5.30 Å². The summed E-state index contributed by atoms with van der Waals surface area (Å²) < 4.78 is 12.7. The summed E-state index contributed by atoms with van der Waals surface area (Å²) in [5.41, 5.74) is 0. The van der Waals surface area contributed by atoms with Gasteiger partial charge in [-0.1, -0.05) is 51.1 Å². The topological polar surface area (TPSA) is 29.1 Å². The first-order valence-corrected chi connectivity index (χ1v) is 6.47. The molecule has 0 spiro atoms. The zero-order valence-corrected chi connectivity index (χ0v) is 10.1. The van der Waals surface area contributed by atoms with Crippen molar-refractivity contribution in [3.05, 3.63) is 30.3 Å². The van der Waals surface area contributed by atoms with Crippen molar-refractivity contribution >= 4 is 12.6 Å². The van der Waals surface area contributed by atoms with Gasteiger partial charge in [0.15, 0.2) is 7.29 Å². The van der Waals surface area contributed by atoms with Gasteiger partial charge in [0.25, 0.3) is 0 Å². The fourth-order valence-electron chi connectivity index (χ4n) is 1.49. The second-order valence-corrected chi connectivity index (χ2v) is 7.86. The molecule has 0 fully saturated rings. The van der Waals surface area contributed by atoms with Crippen molar-refractivity contribution in [1.29, 1.82) is 0 Å². The highest BCUT2D eigenvalue weighted by molar-refractivity contribution is 7.71. The number of nitrogens with one attached hydrogen (secondary N) is 1. The first-order valence-electron chi connectivity index (χ1n) is 4.76. The first-order chi connectivity index (χ1) is 6.42. The number of benzene rings is 1. The molecule has 0 aliphatic rings. The molecule has 0 saturated carbocycles. The normalized spacial score (nSPS) is 16.3. The molecule has 0 aliphatic carbocycles. The molecule has 1 aromatic rings. The summed E-state index contributed by atoms with van der Waals surface area (Å²) in [6, 6.07) is 9.62. The Morgan fingerprint density at radius 1 is 1.14 bits per heavy atom. The van der Waals surface area contributed by atoms with Gasteiger partial charge in [0.1, 0.15) is 0 Å². The van der Waals surface area contributed by atoms with E-state index in [1.54, 1.807) is 7.05 Å². The fourth-order valence-corrected chi connectivity index (χ4v) is 3.79. The van der Waals surface area contributed by atoms with Gasteiger partial charge in [-0.3, -0.25) is 5.09 Å². The molecular formula is C11H18NOP. The van der Waals surface area contributed by atoms with E-state index >= 15 is 0 Å². The van der Waals surface area contributed by atoms with E-state index in [1.807, 2.05) is 51.1 Å². The molecule has 1 atom stereocenters. The summed E-state index contributed by atoms with van der Waals surface area (Å²) in [5.74, 6) is 0. The zero-order valence-electron chi connectivity index (χ0n) is 9.24. The largest absolute Gasteiger partial charge is 0.301 e. The van der Waals surface area contributed by atoms with Crippen LogP contribution in [0.3, 0.4) is 0 Å². The minimum Gasteiger partial charge on any atom is -0.301 e. The van der Waals surface area contributed by atoms with E-state index in [2.05, 4.69) is 5.09 Å². The Hall–Kier alpha value is -0.590. The predicted octanol–water partition coefficient (Wildman–Crippen LogP) is 2.61. The van der Waals surface area contributed by atoms with Crippen LogP contribution < -0.4 is 10.4 Å². The fraction of sp³-hybridized carbons (Fsp3) is 0.455. The molecule has 1 aromatic carbocycles. The quantitative estimate of drug-likeness (QED) is 0.762. The van der Waals surface area contributed by atoms with Gasteiger partial charge < -0.3 is 4.57 Å². The van der Waals surface area contributed by atoms with Crippen LogP contribution in [0.15, 0.2) is 30.3 Å². The second-order valence-electron chi connectivity index (χ2n) is 4.34. The minimum atomic E-state index is -2.49. The van der Waals surface area contributed by atoms with E-state index in [4.69, 9.17) is 0 Å². The molecule has 14 heavy (non-hydrogen) atoms. The first kappa shape index (κ1) is 11.5. The van der Waals surface area contributed by atoms with Crippen molar-refractivity contribution < 1.29 is 4.57 Å². The van der Waals surface area contributed by atoms with E-state index in [1.165, 1.54) is 0 Å². The monoisotopic (exact) mass is 211 g/mol. The highest BCUT2D eigenvalue weighted by atomic mass is 31.2. The third-order valence-corrected chi connectivity index (χ3v) is 5.92. The number of hydrogen-bond acceptors (Lipinski definition) is 1. The summed E-state index contributed by atoms with van der Waals surface area (Å²) in [6.07, 6.45) is 0. The van der Waals surface area contributed by atoms with Crippen LogP contribution in [0, 0.1) is 0 Å². The Labute approximate surface area is 86.2 Å². The van der Waals surface area contributed by atoms with Crippen molar-refractivity contribution in [1.82, 2.24) is 5.09 Å². The maximum absolute atomic E-state index is 12.7. The highest BCUT2D eigenvalue weighted by Gasteiger charge is 2.36. The summed E-state index contributed by atoms with van der Waals surface area (Å²) in [6.45, 7) is 5.99. The molecular weight excluding hydrogens is 193 g/mol. The van der Waals surface area contributed by atoms with Crippen LogP contribution in [-0.2, 0) is 4.57 Å². The SMILES string of the molecule is CN[P@@](=O)(c1ccccc1)C(C)(C)C. The van der Waals surface area contributed by atoms with Gasteiger partial charge in [0, 0.05) is 10.5 Å². The van der Waals surface area contributed by atoms with Crippen molar-refractivity contribution in [2.45, 2.75) is 25.9 Å². The molecule has 3 heteroatoms. The molecule has 0 radical (unpaired) electrons. The molecule has 0 unspecified atom stereocenters. The molecule has 1 N–H and O–H groups in total. The average Bonchev–Trinajstić information content (AvgIpc) is 2.16. The summed E-state index contributed by atoms with van der Waals surface area (Å²) >= 11 is 0. The van der Waals surface area contributed by atoms with Crippen LogP contribution >= 0.6 is 7.29 Å². The van der Waals surface area contributed by atoms with Crippen LogP contribution in [0.25, 0.3) is 0 Å². The Morgan fingerprint density at radius 3 is 2.00 bits per heavy atom. The molecule has 0 aliphatic heterocycles. The summed E-state index contributed by atoms with van der Waals surface area (Å²) in [7, 11) is -0.724. The third-order valence-electron chi connectivity index (χ3n) is 2.38. The van der Waals surface area contributed by atoms with Crippen molar-refractivity contribution in [3.8, 4) is 0 Å². The van der Waals surface area contributed by atoms with Crippen LogP contribution in [0.4, 0.5) is 0 Å². The van der Waals surface area contributed by atoms with Gasteiger partial charge >= 0.3 is 0 Å². The van der Waals surface area contributed by atoms with Crippen molar-refractivity contribution in [3.63, 3.8) is 0 Å². The van der Waals surface area contributed by atoms with Gasteiger partial charge in [0.05, 0.1) is 0 Å². The summed E-state index contributed by atoms with van der Waals surface area (Å²) in [4.78, 5) is 0. The lowest BCUT2D eigenvalue weighted by atomic mass is 10.3. The smallest absolute Gasteiger partial charge is 0.180 e. The summed E-state index contributed by atoms with van der Waals surface area (Å²) in [5, 5.41) is 3.64. The lowest BCUT2D eigenvalue weighted by molar-refractivity contribution is 0.549. The predicted molar refractivity (Wildman–Crippen MR) is 62.5 cm³/mol.